The Balaban J connectivity index is 3.52. The molecule has 0 bridgehead atoms. The lowest BCUT2D eigenvalue weighted by Crippen LogP contribution is -2.40. The third kappa shape index (κ3) is 2.94. The molecule has 1 aliphatic rings. The second kappa shape index (κ2) is 4.29. The summed E-state index contributed by atoms with van der Waals surface area (Å²) in [5.74, 6) is -0.0701. The van der Waals surface area contributed by atoms with Crippen LogP contribution in [0.1, 0.15) is 48.5 Å². The highest BCUT2D eigenvalue weighted by Crippen LogP contribution is 2.40. The number of ketones is 1. The summed E-state index contributed by atoms with van der Waals surface area (Å²) in [6.45, 7) is 13.0. The van der Waals surface area contributed by atoms with Gasteiger partial charge < -0.3 is 0 Å². The molecule has 0 saturated carbocycles. The first-order valence-electron chi connectivity index (χ1n) is 6.45. The van der Waals surface area contributed by atoms with Gasteiger partial charge >= 0.3 is 0 Å². The molecule has 106 valence electrons. The summed E-state index contributed by atoms with van der Waals surface area (Å²) >= 11 is 0. The Morgan fingerprint density at radius 3 is 1.53 bits per heavy atom. The highest BCUT2D eigenvalue weighted by molar-refractivity contribution is 6.11. The van der Waals surface area contributed by atoms with Crippen LogP contribution in [0.4, 0.5) is 0 Å². The number of hydrogen-bond donors (Lipinski definition) is 0. The molecule has 0 saturated heterocycles. The molecule has 0 unspecified atom stereocenters. The fraction of sp³-hybridized carbons (Fsp3) is 0.667. The van der Waals surface area contributed by atoms with Crippen LogP contribution in [0.5, 0.6) is 0 Å². The first-order chi connectivity index (χ1) is 8.29. The number of nitro groups is 1. The van der Waals surface area contributed by atoms with Crippen molar-refractivity contribution in [1.29, 1.82) is 0 Å². The van der Waals surface area contributed by atoms with E-state index in [4.69, 9.17) is 0 Å². The van der Waals surface area contributed by atoms with Crippen LogP contribution < -0.4 is 0 Å². The molecule has 0 atom stereocenters. The van der Waals surface area contributed by atoms with Crippen molar-refractivity contribution in [3.05, 3.63) is 33.4 Å². The maximum absolute atomic E-state index is 12.6. The van der Waals surface area contributed by atoms with Gasteiger partial charge in [-0.3, -0.25) is 14.9 Å². The first-order valence-corrected chi connectivity index (χ1v) is 6.45. The minimum atomic E-state index is -1.31. The Morgan fingerprint density at radius 1 is 1.00 bits per heavy atom. The maximum atomic E-state index is 12.6. The molecule has 4 heteroatoms. The Kier molecular flexibility index (Phi) is 3.52. The van der Waals surface area contributed by atoms with Gasteiger partial charge in [0.1, 0.15) is 0 Å². The van der Waals surface area contributed by atoms with Crippen LogP contribution in [-0.4, -0.2) is 16.2 Å². The largest absolute Gasteiger partial charge is 0.289 e. The van der Waals surface area contributed by atoms with Gasteiger partial charge in [-0.1, -0.05) is 41.5 Å². The minimum Gasteiger partial charge on any atom is -0.289 e. The monoisotopic (exact) mass is 265 g/mol. The van der Waals surface area contributed by atoms with Crippen LogP contribution in [0.3, 0.4) is 0 Å². The Labute approximate surface area is 114 Å². The molecule has 0 N–H and O–H groups in total. The number of allylic oxidation sites excluding steroid dienone is 2. The van der Waals surface area contributed by atoms with Crippen molar-refractivity contribution < 1.29 is 9.72 Å². The molecule has 0 heterocycles. The molecule has 0 aromatic carbocycles. The van der Waals surface area contributed by atoms with E-state index in [9.17, 15) is 14.9 Å². The summed E-state index contributed by atoms with van der Waals surface area (Å²) in [6, 6.07) is 0. The number of hydrogen-bond acceptors (Lipinski definition) is 3. The van der Waals surface area contributed by atoms with E-state index >= 15 is 0 Å². The quantitative estimate of drug-likeness (QED) is 0.538. The van der Waals surface area contributed by atoms with E-state index < -0.39 is 16.4 Å². The van der Waals surface area contributed by atoms with Crippen LogP contribution in [0.2, 0.25) is 0 Å². The zero-order valence-corrected chi connectivity index (χ0v) is 12.8. The third-order valence-electron chi connectivity index (χ3n) is 3.37. The van der Waals surface area contributed by atoms with Crippen molar-refractivity contribution in [2.45, 2.75) is 54.0 Å². The van der Waals surface area contributed by atoms with Crippen LogP contribution in [0, 0.1) is 20.9 Å². The Morgan fingerprint density at radius 2 is 1.32 bits per heavy atom. The highest BCUT2D eigenvalue weighted by Gasteiger charge is 2.44. The second-order valence-corrected chi connectivity index (χ2v) is 7.43. The molecule has 0 spiro atoms. The van der Waals surface area contributed by atoms with Crippen LogP contribution in [0.15, 0.2) is 23.3 Å². The Hall–Kier alpha value is -1.45. The maximum Gasteiger partial charge on any atom is 0.257 e. The molecule has 0 fully saturated rings. The molecular weight excluding hydrogens is 242 g/mol. The van der Waals surface area contributed by atoms with Crippen molar-refractivity contribution in [2.75, 3.05) is 0 Å². The van der Waals surface area contributed by atoms with Crippen molar-refractivity contribution >= 4 is 5.78 Å². The number of Topliss-reactive ketones (excluding diaryl/α,β-unsaturated/α-hetero) is 1. The molecule has 0 aromatic heterocycles. The number of carbonyl (C=O) groups excluding carboxylic acids is 1. The molecular formula is C15H23NO3. The molecule has 0 aliphatic heterocycles. The molecule has 0 radical (unpaired) electrons. The summed E-state index contributed by atoms with van der Waals surface area (Å²) in [6.07, 6.45) is 3.01. The SMILES string of the molecule is CC(C)(C)C1=CC(C)([N+](=O)[O-])C=C(C(C)(C)C)C1=O. The molecule has 0 amide bonds. The summed E-state index contributed by atoms with van der Waals surface area (Å²) in [4.78, 5) is 23.6. The van der Waals surface area contributed by atoms with Gasteiger partial charge in [0, 0.05) is 35.1 Å². The van der Waals surface area contributed by atoms with Crippen LogP contribution in [0.25, 0.3) is 0 Å². The van der Waals surface area contributed by atoms with Crippen molar-refractivity contribution in [3.8, 4) is 0 Å². The van der Waals surface area contributed by atoms with E-state index in [2.05, 4.69) is 0 Å². The van der Waals surface area contributed by atoms with Gasteiger partial charge in [-0.25, -0.2) is 0 Å². The average Bonchev–Trinajstić information content (AvgIpc) is 2.17. The molecule has 19 heavy (non-hydrogen) atoms. The van der Waals surface area contributed by atoms with E-state index in [1.165, 1.54) is 19.1 Å². The standard InChI is InChI=1S/C15H23NO3/c1-13(2,3)10-8-15(7,16(18)19)9-11(12(10)17)14(4,5)6/h8-9H,1-7H3. The summed E-state index contributed by atoms with van der Waals surface area (Å²) in [5, 5.41) is 11.3. The van der Waals surface area contributed by atoms with Crippen molar-refractivity contribution in [1.82, 2.24) is 0 Å². The normalized spacial score (nSPS) is 19.8. The summed E-state index contributed by atoms with van der Waals surface area (Å²) in [7, 11) is 0. The van der Waals surface area contributed by atoms with E-state index in [-0.39, 0.29) is 10.7 Å². The van der Waals surface area contributed by atoms with Gasteiger partial charge in [0.15, 0.2) is 5.78 Å². The van der Waals surface area contributed by atoms with Crippen LogP contribution in [-0.2, 0) is 4.79 Å². The van der Waals surface area contributed by atoms with Gasteiger partial charge in [0.05, 0.1) is 0 Å². The fourth-order valence-corrected chi connectivity index (χ4v) is 2.12. The summed E-state index contributed by atoms with van der Waals surface area (Å²) in [5.41, 5.74) is -1.06. The van der Waals surface area contributed by atoms with Gasteiger partial charge in [-0.15, -0.1) is 0 Å². The predicted octanol–water partition coefficient (Wildman–Crippen LogP) is 3.55. The van der Waals surface area contributed by atoms with E-state index in [1.807, 2.05) is 41.5 Å². The van der Waals surface area contributed by atoms with Crippen LogP contribution >= 0.6 is 0 Å². The molecule has 4 nitrogen and oxygen atoms in total. The van der Waals surface area contributed by atoms with Gasteiger partial charge in [0.25, 0.3) is 5.54 Å². The van der Waals surface area contributed by atoms with E-state index in [0.717, 1.165) is 0 Å². The number of carbonyl (C=O) groups is 1. The fourth-order valence-electron chi connectivity index (χ4n) is 2.12. The first kappa shape index (κ1) is 15.6. The Bertz CT molecular complexity index is 451. The number of rotatable bonds is 1. The van der Waals surface area contributed by atoms with E-state index in [1.54, 1.807) is 0 Å². The van der Waals surface area contributed by atoms with Crippen molar-refractivity contribution in [3.63, 3.8) is 0 Å². The summed E-state index contributed by atoms with van der Waals surface area (Å²) < 4.78 is 0. The lowest BCUT2D eigenvalue weighted by Gasteiger charge is -2.33. The molecule has 0 aromatic rings. The van der Waals surface area contributed by atoms with Gasteiger partial charge in [-0.2, -0.15) is 0 Å². The molecule has 1 rings (SSSR count). The van der Waals surface area contributed by atoms with Gasteiger partial charge in [-0.05, 0) is 10.8 Å². The van der Waals surface area contributed by atoms with E-state index in [0.29, 0.717) is 11.1 Å². The van der Waals surface area contributed by atoms with Gasteiger partial charge in [0.2, 0.25) is 0 Å². The molecule has 1 aliphatic carbocycles. The third-order valence-corrected chi connectivity index (χ3v) is 3.37. The smallest absolute Gasteiger partial charge is 0.257 e. The topological polar surface area (TPSA) is 60.2 Å². The number of nitrogens with zero attached hydrogens (tertiary/aromatic N) is 1. The minimum absolute atomic E-state index is 0.0701. The highest BCUT2D eigenvalue weighted by atomic mass is 16.6. The second-order valence-electron chi connectivity index (χ2n) is 7.43. The lowest BCUT2D eigenvalue weighted by atomic mass is 9.69. The predicted molar refractivity (Wildman–Crippen MR) is 75.5 cm³/mol. The van der Waals surface area contributed by atoms with Crippen molar-refractivity contribution in [2.24, 2.45) is 10.8 Å². The zero-order valence-electron chi connectivity index (χ0n) is 12.8. The zero-order chi connectivity index (χ0) is 15.2. The average molecular weight is 265 g/mol. The lowest BCUT2D eigenvalue weighted by molar-refractivity contribution is -0.536.